The molecule has 2 aromatic rings. The van der Waals surface area contributed by atoms with E-state index >= 15 is 0 Å². The number of para-hydroxylation sites is 1. The number of hydrogen-bond donors (Lipinski definition) is 2. The number of thiazole rings is 1. The second-order valence-corrected chi connectivity index (χ2v) is 6.83. The summed E-state index contributed by atoms with van der Waals surface area (Å²) in [6, 6.07) is 7.87. The molecule has 6 heteroatoms. The lowest BCUT2D eigenvalue weighted by Gasteiger charge is -2.25. The highest BCUT2D eigenvalue weighted by Crippen LogP contribution is 2.30. The summed E-state index contributed by atoms with van der Waals surface area (Å²) in [4.78, 5) is 28.0. The van der Waals surface area contributed by atoms with Crippen molar-refractivity contribution in [2.45, 2.75) is 44.1 Å². The molecule has 0 radical (unpaired) electrons. The van der Waals surface area contributed by atoms with Crippen LogP contribution in [0.3, 0.4) is 0 Å². The van der Waals surface area contributed by atoms with Gasteiger partial charge in [-0.3, -0.25) is 4.79 Å². The van der Waals surface area contributed by atoms with E-state index in [2.05, 4.69) is 10.3 Å². The van der Waals surface area contributed by atoms with Crippen molar-refractivity contribution in [2.75, 3.05) is 0 Å². The summed E-state index contributed by atoms with van der Waals surface area (Å²) in [6.07, 6.45) is 3.56. The first-order valence-electron chi connectivity index (χ1n) is 7.48. The molecule has 0 aliphatic heterocycles. The van der Waals surface area contributed by atoms with Gasteiger partial charge in [0.2, 0.25) is 5.91 Å². The van der Waals surface area contributed by atoms with Gasteiger partial charge in [0.1, 0.15) is 5.54 Å². The minimum atomic E-state index is -1.05. The molecule has 1 heterocycles. The first-order chi connectivity index (χ1) is 10.6. The van der Waals surface area contributed by atoms with E-state index in [9.17, 15) is 14.7 Å². The molecule has 1 amide bonds. The number of aryl methyl sites for hydroxylation is 1. The molecule has 1 saturated carbocycles. The minimum Gasteiger partial charge on any atom is -0.480 e. The number of carboxylic acids is 1. The van der Waals surface area contributed by atoms with Crippen molar-refractivity contribution in [1.29, 1.82) is 0 Å². The first-order valence-corrected chi connectivity index (χ1v) is 8.30. The van der Waals surface area contributed by atoms with Crippen LogP contribution in [0.15, 0.2) is 24.3 Å². The largest absolute Gasteiger partial charge is 0.480 e. The topological polar surface area (TPSA) is 79.3 Å². The quantitative estimate of drug-likeness (QED) is 0.888. The maximum absolute atomic E-state index is 12.1. The molecule has 1 aromatic heterocycles. The van der Waals surface area contributed by atoms with Crippen LogP contribution in [-0.2, 0) is 16.0 Å². The molecule has 1 aliphatic rings. The zero-order chi connectivity index (χ0) is 15.6. The summed E-state index contributed by atoms with van der Waals surface area (Å²) in [6.45, 7) is 0. The van der Waals surface area contributed by atoms with Gasteiger partial charge in [0.15, 0.2) is 0 Å². The molecule has 3 rings (SSSR count). The van der Waals surface area contributed by atoms with Crippen LogP contribution in [0.1, 0.15) is 37.1 Å². The second kappa shape index (κ2) is 6.04. The number of amides is 1. The van der Waals surface area contributed by atoms with Crippen LogP contribution in [0, 0.1) is 0 Å². The predicted octanol–water partition coefficient (Wildman–Crippen LogP) is 2.74. The summed E-state index contributed by atoms with van der Waals surface area (Å²) in [5, 5.41) is 13.0. The molecule has 5 nitrogen and oxygen atoms in total. The molecule has 22 heavy (non-hydrogen) atoms. The highest BCUT2D eigenvalue weighted by molar-refractivity contribution is 7.18. The highest BCUT2D eigenvalue weighted by atomic mass is 32.1. The Morgan fingerprint density at radius 3 is 2.68 bits per heavy atom. The predicted molar refractivity (Wildman–Crippen MR) is 84.9 cm³/mol. The SMILES string of the molecule is O=C(CCc1nc2ccccc2s1)NC1(C(=O)O)CCCC1. The average molecular weight is 318 g/mol. The van der Waals surface area contributed by atoms with E-state index in [1.807, 2.05) is 24.3 Å². The Morgan fingerprint density at radius 1 is 1.27 bits per heavy atom. The van der Waals surface area contributed by atoms with Crippen molar-refractivity contribution in [2.24, 2.45) is 0 Å². The first kappa shape index (κ1) is 15.0. The Bertz CT molecular complexity index is 671. The lowest BCUT2D eigenvalue weighted by atomic mass is 9.97. The standard InChI is InChI=1S/C16H18N2O3S/c19-13(18-16(15(20)21)9-3-4-10-16)7-8-14-17-11-5-1-2-6-12(11)22-14/h1-2,5-6H,3-4,7-10H2,(H,18,19)(H,20,21). The van der Waals surface area contributed by atoms with E-state index in [4.69, 9.17) is 0 Å². The number of carbonyl (C=O) groups is 2. The van der Waals surface area contributed by atoms with Crippen LogP contribution < -0.4 is 5.32 Å². The number of carboxylic acid groups (broad SMARTS) is 1. The van der Waals surface area contributed by atoms with Gasteiger partial charge in [-0.1, -0.05) is 25.0 Å². The maximum atomic E-state index is 12.1. The number of carbonyl (C=O) groups excluding carboxylic acids is 1. The van der Waals surface area contributed by atoms with Gasteiger partial charge in [-0.2, -0.15) is 0 Å². The summed E-state index contributed by atoms with van der Waals surface area (Å²) in [5.74, 6) is -1.12. The Labute approximate surface area is 132 Å². The zero-order valence-corrected chi connectivity index (χ0v) is 13.0. The summed E-state index contributed by atoms with van der Waals surface area (Å²) in [7, 11) is 0. The fourth-order valence-corrected chi connectivity index (χ4v) is 3.91. The fraction of sp³-hybridized carbons (Fsp3) is 0.438. The number of nitrogens with one attached hydrogen (secondary N) is 1. The third kappa shape index (κ3) is 2.97. The van der Waals surface area contributed by atoms with E-state index in [0.717, 1.165) is 28.1 Å². The van der Waals surface area contributed by atoms with Gasteiger partial charge in [0.25, 0.3) is 0 Å². The smallest absolute Gasteiger partial charge is 0.329 e. The maximum Gasteiger partial charge on any atom is 0.329 e. The molecular weight excluding hydrogens is 300 g/mol. The number of hydrogen-bond acceptors (Lipinski definition) is 4. The van der Waals surface area contributed by atoms with E-state index in [0.29, 0.717) is 19.3 Å². The third-order valence-electron chi connectivity index (χ3n) is 4.15. The molecule has 0 atom stereocenters. The highest BCUT2D eigenvalue weighted by Gasteiger charge is 2.42. The van der Waals surface area contributed by atoms with E-state index in [-0.39, 0.29) is 12.3 Å². The molecule has 0 spiro atoms. The lowest BCUT2D eigenvalue weighted by molar-refractivity contribution is -0.147. The summed E-state index contributed by atoms with van der Waals surface area (Å²) >= 11 is 1.58. The second-order valence-electron chi connectivity index (χ2n) is 5.72. The van der Waals surface area contributed by atoms with Gasteiger partial charge < -0.3 is 10.4 Å². The zero-order valence-electron chi connectivity index (χ0n) is 12.2. The molecule has 1 aliphatic carbocycles. The number of benzene rings is 1. The Kier molecular flexibility index (Phi) is 4.11. The van der Waals surface area contributed by atoms with Crippen molar-refractivity contribution < 1.29 is 14.7 Å². The minimum absolute atomic E-state index is 0.205. The third-order valence-corrected chi connectivity index (χ3v) is 5.25. The van der Waals surface area contributed by atoms with Gasteiger partial charge >= 0.3 is 5.97 Å². The Balaban J connectivity index is 1.61. The van der Waals surface area contributed by atoms with Gasteiger partial charge in [0, 0.05) is 12.8 Å². The molecule has 0 saturated heterocycles. The van der Waals surface area contributed by atoms with Gasteiger partial charge in [-0.25, -0.2) is 9.78 Å². The summed E-state index contributed by atoms with van der Waals surface area (Å²) < 4.78 is 1.11. The van der Waals surface area contributed by atoms with Crippen LogP contribution in [0.4, 0.5) is 0 Å². The monoisotopic (exact) mass is 318 g/mol. The van der Waals surface area contributed by atoms with Crippen LogP contribution >= 0.6 is 11.3 Å². The Hall–Kier alpha value is -1.95. The summed E-state index contributed by atoms with van der Waals surface area (Å²) in [5.41, 5.74) is -0.106. The molecule has 0 bridgehead atoms. The van der Waals surface area contributed by atoms with Crippen molar-refractivity contribution in [1.82, 2.24) is 10.3 Å². The van der Waals surface area contributed by atoms with Gasteiger partial charge in [-0.05, 0) is 25.0 Å². The molecule has 2 N–H and O–H groups in total. The van der Waals surface area contributed by atoms with E-state index < -0.39 is 11.5 Å². The van der Waals surface area contributed by atoms with Crippen LogP contribution in [0.5, 0.6) is 0 Å². The van der Waals surface area contributed by atoms with E-state index in [1.54, 1.807) is 11.3 Å². The molecule has 116 valence electrons. The van der Waals surface area contributed by atoms with Gasteiger partial charge in [0.05, 0.1) is 15.2 Å². The normalized spacial score (nSPS) is 16.7. The number of aliphatic carboxylic acids is 1. The van der Waals surface area contributed by atoms with Crippen molar-refractivity contribution in [3.05, 3.63) is 29.3 Å². The van der Waals surface area contributed by atoms with Crippen molar-refractivity contribution in [3.8, 4) is 0 Å². The van der Waals surface area contributed by atoms with Crippen molar-refractivity contribution >= 4 is 33.4 Å². The van der Waals surface area contributed by atoms with Crippen LogP contribution in [0.2, 0.25) is 0 Å². The van der Waals surface area contributed by atoms with Crippen LogP contribution in [0.25, 0.3) is 10.2 Å². The van der Waals surface area contributed by atoms with Crippen molar-refractivity contribution in [3.63, 3.8) is 0 Å². The molecule has 1 fully saturated rings. The molecule has 0 unspecified atom stereocenters. The number of fused-ring (bicyclic) bond motifs is 1. The number of rotatable bonds is 5. The fourth-order valence-electron chi connectivity index (χ4n) is 2.95. The molecular formula is C16H18N2O3S. The number of aromatic nitrogens is 1. The average Bonchev–Trinajstić information content (AvgIpc) is 3.11. The molecule has 1 aromatic carbocycles. The van der Waals surface area contributed by atoms with E-state index in [1.165, 1.54) is 0 Å². The van der Waals surface area contributed by atoms with Crippen LogP contribution in [-0.4, -0.2) is 27.5 Å². The van der Waals surface area contributed by atoms with Gasteiger partial charge in [-0.15, -0.1) is 11.3 Å². The Morgan fingerprint density at radius 2 is 2.00 bits per heavy atom. The lowest BCUT2D eigenvalue weighted by Crippen LogP contribution is -2.52. The number of nitrogens with zero attached hydrogens (tertiary/aromatic N) is 1.